The molecule has 0 aliphatic carbocycles. The van der Waals surface area contributed by atoms with E-state index in [1.807, 2.05) is 0 Å². The number of anilines is 1. The fourth-order valence-corrected chi connectivity index (χ4v) is 4.61. The first-order chi connectivity index (χ1) is 12.3. The molecule has 26 heavy (non-hydrogen) atoms. The van der Waals surface area contributed by atoms with Crippen molar-refractivity contribution in [3.8, 4) is 0 Å². The first-order valence-corrected chi connectivity index (χ1v) is 9.38. The summed E-state index contributed by atoms with van der Waals surface area (Å²) in [4.78, 5) is 3.68. The maximum Gasteiger partial charge on any atom is 0.189 e. The molecule has 0 aliphatic rings. The summed E-state index contributed by atoms with van der Waals surface area (Å²) in [6.07, 6.45) is 1.29. The molecule has 1 atom stereocenters. The van der Waals surface area contributed by atoms with Gasteiger partial charge in [0.1, 0.15) is 22.7 Å². The van der Waals surface area contributed by atoms with Gasteiger partial charge < -0.3 is 5.73 Å². The van der Waals surface area contributed by atoms with Crippen molar-refractivity contribution < 1.29 is 17.2 Å². The summed E-state index contributed by atoms with van der Waals surface area (Å²) in [5.74, 6) is -1.90. The Kier molecular flexibility index (Phi) is 4.93. The molecule has 2 aromatic carbocycles. The smallest absolute Gasteiger partial charge is 0.189 e. The Morgan fingerprint density at radius 3 is 2.19 bits per heavy atom. The second kappa shape index (κ2) is 7.01. The molecule has 8 heteroatoms. The van der Waals surface area contributed by atoms with Crippen molar-refractivity contribution in [2.75, 3.05) is 5.73 Å². The Bertz CT molecular complexity index is 1040. The molecule has 0 saturated heterocycles. The second-order valence-corrected chi connectivity index (χ2v) is 8.00. The van der Waals surface area contributed by atoms with Crippen LogP contribution in [0.5, 0.6) is 0 Å². The van der Waals surface area contributed by atoms with Crippen molar-refractivity contribution in [2.45, 2.75) is 10.1 Å². The number of benzene rings is 2. The Labute approximate surface area is 154 Å². The Hall–Kier alpha value is -2.51. The van der Waals surface area contributed by atoms with Gasteiger partial charge in [-0.2, -0.15) is 0 Å². The standard InChI is InChI=1S/C18H13ClF2N2O2S/c19-12-4-6-13(7-5-12)26(24,25)18(11-8-9-23-16(22)10-11)17-14(20)2-1-3-15(17)21/h1-10,18H,(H2,22,23). The molecule has 0 aliphatic heterocycles. The molecule has 0 amide bonds. The van der Waals surface area contributed by atoms with Gasteiger partial charge in [0.05, 0.1) is 4.90 Å². The average molecular weight is 395 g/mol. The van der Waals surface area contributed by atoms with Crippen LogP contribution >= 0.6 is 11.6 Å². The van der Waals surface area contributed by atoms with Gasteiger partial charge in [0.15, 0.2) is 9.84 Å². The minimum atomic E-state index is -4.21. The molecule has 3 rings (SSSR count). The van der Waals surface area contributed by atoms with E-state index in [1.54, 1.807) is 0 Å². The van der Waals surface area contributed by atoms with Gasteiger partial charge in [-0.3, -0.25) is 0 Å². The molecular weight excluding hydrogens is 382 g/mol. The minimum absolute atomic E-state index is 0.0375. The van der Waals surface area contributed by atoms with Crippen LogP contribution in [0.25, 0.3) is 0 Å². The van der Waals surface area contributed by atoms with Crippen molar-refractivity contribution in [2.24, 2.45) is 0 Å². The molecule has 4 nitrogen and oxygen atoms in total. The second-order valence-electron chi connectivity index (χ2n) is 5.53. The van der Waals surface area contributed by atoms with Crippen molar-refractivity contribution in [3.63, 3.8) is 0 Å². The molecule has 2 N–H and O–H groups in total. The monoisotopic (exact) mass is 394 g/mol. The van der Waals surface area contributed by atoms with Crippen LogP contribution < -0.4 is 5.73 Å². The molecule has 0 fully saturated rings. The summed E-state index contributed by atoms with van der Waals surface area (Å²) in [6.45, 7) is 0. The summed E-state index contributed by atoms with van der Waals surface area (Å²) in [5.41, 5.74) is 5.17. The maximum atomic E-state index is 14.4. The van der Waals surface area contributed by atoms with Crippen LogP contribution in [0.4, 0.5) is 14.6 Å². The largest absolute Gasteiger partial charge is 0.384 e. The molecule has 0 bridgehead atoms. The van der Waals surface area contributed by atoms with Crippen LogP contribution in [0.1, 0.15) is 16.4 Å². The molecule has 1 unspecified atom stereocenters. The van der Waals surface area contributed by atoms with Gasteiger partial charge in [0, 0.05) is 16.8 Å². The van der Waals surface area contributed by atoms with Crippen LogP contribution in [0.3, 0.4) is 0 Å². The molecule has 134 valence electrons. The molecule has 0 spiro atoms. The molecule has 1 aromatic heterocycles. The van der Waals surface area contributed by atoms with Gasteiger partial charge >= 0.3 is 0 Å². The van der Waals surface area contributed by atoms with E-state index < -0.39 is 32.3 Å². The normalized spacial score (nSPS) is 12.7. The van der Waals surface area contributed by atoms with Crippen molar-refractivity contribution >= 4 is 27.3 Å². The van der Waals surface area contributed by atoms with E-state index in [-0.39, 0.29) is 16.3 Å². The van der Waals surface area contributed by atoms with Gasteiger partial charge in [-0.25, -0.2) is 22.2 Å². The summed E-state index contributed by atoms with van der Waals surface area (Å²) in [6, 6.07) is 11.2. The highest BCUT2D eigenvalue weighted by Gasteiger charge is 2.35. The van der Waals surface area contributed by atoms with Gasteiger partial charge in [-0.1, -0.05) is 17.7 Å². The third kappa shape index (κ3) is 3.40. The van der Waals surface area contributed by atoms with E-state index in [9.17, 15) is 17.2 Å². The zero-order valence-corrected chi connectivity index (χ0v) is 14.8. The highest BCUT2D eigenvalue weighted by molar-refractivity contribution is 7.91. The quantitative estimate of drug-likeness (QED) is 0.721. The molecule has 0 saturated carbocycles. The molecule has 3 aromatic rings. The summed E-state index contributed by atoms with van der Waals surface area (Å²) in [7, 11) is -4.21. The van der Waals surface area contributed by atoms with Gasteiger partial charge in [-0.05, 0) is 54.1 Å². The maximum absolute atomic E-state index is 14.4. The lowest BCUT2D eigenvalue weighted by atomic mass is 10.0. The molecule has 1 heterocycles. The van der Waals surface area contributed by atoms with E-state index >= 15 is 0 Å². The van der Waals surface area contributed by atoms with Crippen molar-refractivity contribution in [1.29, 1.82) is 0 Å². The predicted molar refractivity (Wildman–Crippen MR) is 95.5 cm³/mol. The number of aromatic nitrogens is 1. The number of hydrogen-bond donors (Lipinski definition) is 1. The average Bonchev–Trinajstić information content (AvgIpc) is 2.58. The van der Waals surface area contributed by atoms with Crippen LogP contribution in [0, 0.1) is 11.6 Å². The number of nitrogen functional groups attached to an aromatic ring is 1. The van der Waals surface area contributed by atoms with E-state index in [0.717, 1.165) is 12.1 Å². The van der Waals surface area contributed by atoms with Crippen molar-refractivity contribution in [3.05, 3.63) is 88.6 Å². The SMILES string of the molecule is Nc1cc(C(c2c(F)cccc2F)S(=O)(=O)c2ccc(Cl)cc2)ccn1. The van der Waals surface area contributed by atoms with E-state index in [2.05, 4.69) is 4.98 Å². The number of hydrogen-bond acceptors (Lipinski definition) is 4. The number of sulfone groups is 1. The lowest BCUT2D eigenvalue weighted by molar-refractivity contribution is 0.545. The zero-order valence-electron chi connectivity index (χ0n) is 13.2. The highest BCUT2D eigenvalue weighted by atomic mass is 35.5. The lowest BCUT2D eigenvalue weighted by Gasteiger charge is -2.20. The third-order valence-electron chi connectivity index (χ3n) is 3.82. The number of nitrogens with two attached hydrogens (primary N) is 1. The number of pyridine rings is 1. The predicted octanol–water partition coefficient (Wildman–Crippen LogP) is 4.16. The van der Waals surface area contributed by atoms with Gasteiger partial charge in [0.2, 0.25) is 0 Å². The van der Waals surface area contributed by atoms with E-state index in [0.29, 0.717) is 5.02 Å². The third-order valence-corrected chi connectivity index (χ3v) is 6.13. The molecule has 0 radical (unpaired) electrons. The van der Waals surface area contributed by atoms with Crippen LogP contribution in [-0.4, -0.2) is 13.4 Å². The summed E-state index contributed by atoms with van der Waals surface area (Å²) >= 11 is 5.81. The number of rotatable bonds is 4. The first-order valence-electron chi connectivity index (χ1n) is 7.45. The topological polar surface area (TPSA) is 73.1 Å². The minimum Gasteiger partial charge on any atom is -0.384 e. The summed E-state index contributed by atoms with van der Waals surface area (Å²) in [5, 5.41) is -1.29. The van der Waals surface area contributed by atoms with Crippen LogP contribution in [-0.2, 0) is 9.84 Å². The van der Waals surface area contributed by atoms with Gasteiger partial charge in [-0.15, -0.1) is 0 Å². The van der Waals surface area contributed by atoms with E-state index in [1.165, 1.54) is 48.7 Å². The van der Waals surface area contributed by atoms with E-state index in [4.69, 9.17) is 17.3 Å². The van der Waals surface area contributed by atoms with Crippen LogP contribution in [0.15, 0.2) is 65.7 Å². The summed E-state index contributed by atoms with van der Waals surface area (Å²) < 4.78 is 55.3. The molecular formula is C18H13ClF2N2O2S. The number of nitrogens with zero attached hydrogens (tertiary/aromatic N) is 1. The highest BCUT2D eigenvalue weighted by Crippen LogP contribution is 2.38. The zero-order chi connectivity index (χ0) is 18.9. The first kappa shape index (κ1) is 18.3. The Morgan fingerprint density at radius 1 is 1.00 bits per heavy atom. The van der Waals surface area contributed by atoms with Crippen LogP contribution in [0.2, 0.25) is 5.02 Å². The Balaban J connectivity index is 2.29. The van der Waals surface area contributed by atoms with Crippen molar-refractivity contribution in [1.82, 2.24) is 4.98 Å². The van der Waals surface area contributed by atoms with Gasteiger partial charge in [0.25, 0.3) is 0 Å². The number of halogens is 3. The lowest BCUT2D eigenvalue weighted by Crippen LogP contribution is -2.18. The Morgan fingerprint density at radius 2 is 1.62 bits per heavy atom. The fraction of sp³-hybridized carbons (Fsp3) is 0.0556. The fourth-order valence-electron chi connectivity index (χ4n) is 2.65.